The normalized spacial score (nSPS) is 14.9. The summed E-state index contributed by atoms with van der Waals surface area (Å²) in [5, 5.41) is 6.85. The van der Waals surface area contributed by atoms with Gasteiger partial charge in [-0.05, 0) is 31.9 Å². The van der Waals surface area contributed by atoms with Crippen molar-refractivity contribution in [2.24, 2.45) is 0 Å². The second-order valence-corrected chi connectivity index (χ2v) is 6.37. The molecule has 1 aliphatic carbocycles. The molecule has 0 saturated heterocycles. The Bertz CT molecular complexity index is 829. The van der Waals surface area contributed by atoms with Gasteiger partial charge in [0.2, 0.25) is 0 Å². The average molecular weight is 317 g/mol. The van der Waals surface area contributed by atoms with E-state index in [9.17, 15) is 0 Å². The molecular formula is C19H19N5. The molecule has 1 fully saturated rings. The lowest BCUT2D eigenvalue weighted by Gasteiger charge is -2.15. The number of benzene rings is 1. The zero-order chi connectivity index (χ0) is 16.4. The number of hydrogen-bond acceptors (Lipinski definition) is 5. The SMILES string of the molecule is CC1(Nc2cc(Nc3ccncc3)nc(-c3ccccc3)n2)CC1. The minimum absolute atomic E-state index is 0.163. The maximum Gasteiger partial charge on any atom is 0.163 e. The van der Waals surface area contributed by atoms with Crippen molar-refractivity contribution in [3.05, 3.63) is 60.9 Å². The number of rotatable bonds is 5. The molecule has 0 aliphatic heterocycles. The monoisotopic (exact) mass is 317 g/mol. The molecule has 1 saturated carbocycles. The zero-order valence-corrected chi connectivity index (χ0v) is 13.5. The number of aromatic nitrogens is 3. The predicted molar refractivity (Wildman–Crippen MR) is 96.2 cm³/mol. The van der Waals surface area contributed by atoms with Crippen molar-refractivity contribution in [1.82, 2.24) is 15.0 Å². The molecule has 24 heavy (non-hydrogen) atoms. The molecule has 0 bridgehead atoms. The molecule has 5 heteroatoms. The Morgan fingerprint density at radius 3 is 2.33 bits per heavy atom. The van der Waals surface area contributed by atoms with Gasteiger partial charge in [-0.3, -0.25) is 4.98 Å². The maximum absolute atomic E-state index is 4.70. The van der Waals surface area contributed by atoms with Crippen molar-refractivity contribution < 1.29 is 0 Å². The maximum atomic E-state index is 4.70. The van der Waals surface area contributed by atoms with E-state index in [1.165, 1.54) is 12.8 Å². The molecule has 3 aromatic rings. The number of nitrogens with one attached hydrogen (secondary N) is 2. The van der Waals surface area contributed by atoms with Gasteiger partial charge in [-0.1, -0.05) is 30.3 Å². The minimum atomic E-state index is 0.163. The van der Waals surface area contributed by atoms with Crippen molar-refractivity contribution in [2.45, 2.75) is 25.3 Å². The first-order chi connectivity index (χ1) is 11.7. The molecule has 5 nitrogen and oxygen atoms in total. The van der Waals surface area contributed by atoms with Gasteiger partial charge in [0.05, 0.1) is 0 Å². The fourth-order valence-corrected chi connectivity index (χ4v) is 2.50. The van der Waals surface area contributed by atoms with E-state index in [0.717, 1.165) is 22.9 Å². The van der Waals surface area contributed by atoms with Crippen LogP contribution in [0.2, 0.25) is 0 Å². The van der Waals surface area contributed by atoms with Crippen LogP contribution >= 0.6 is 0 Å². The van der Waals surface area contributed by atoms with Gasteiger partial charge >= 0.3 is 0 Å². The molecule has 0 radical (unpaired) electrons. The molecule has 1 aromatic carbocycles. The van der Waals surface area contributed by atoms with E-state index in [2.05, 4.69) is 27.5 Å². The third-order valence-corrected chi connectivity index (χ3v) is 4.14. The second kappa shape index (κ2) is 5.92. The molecule has 4 rings (SSSR count). The lowest BCUT2D eigenvalue weighted by Crippen LogP contribution is -2.17. The van der Waals surface area contributed by atoms with Crippen LogP contribution in [0.15, 0.2) is 60.9 Å². The van der Waals surface area contributed by atoms with E-state index in [0.29, 0.717) is 5.82 Å². The highest BCUT2D eigenvalue weighted by Gasteiger charge is 2.37. The summed E-state index contributed by atoms with van der Waals surface area (Å²) in [4.78, 5) is 13.4. The quantitative estimate of drug-likeness (QED) is 0.736. The van der Waals surface area contributed by atoms with Gasteiger partial charge in [-0.25, -0.2) is 9.97 Å². The molecule has 120 valence electrons. The van der Waals surface area contributed by atoms with Gasteiger partial charge in [0, 0.05) is 35.2 Å². The first-order valence-corrected chi connectivity index (χ1v) is 8.10. The third-order valence-electron chi connectivity index (χ3n) is 4.14. The molecule has 0 unspecified atom stereocenters. The summed E-state index contributed by atoms with van der Waals surface area (Å²) >= 11 is 0. The van der Waals surface area contributed by atoms with E-state index in [1.54, 1.807) is 12.4 Å². The van der Waals surface area contributed by atoms with Crippen molar-refractivity contribution in [3.8, 4) is 11.4 Å². The van der Waals surface area contributed by atoms with Gasteiger partial charge in [-0.15, -0.1) is 0 Å². The number of nitrogens with zero attached hydrogens (tertiary/aromatic N) is 3. The molecule has 1 aliphatic rings. The predicted octanol–water partition coefficient (Wildman–Crippen LogP) is 4.25. The Hall–Kier alpha value is -2.95. The van der Waals surface area contributed by atoms with Gasteiger partial charge < -0.3 is 10.6 Å². The first kappa shape index (κ1) is 14.6. The van der Waals surface area contributed by atoms with E-state index >= 15 is 0 Å². The summed E-state index contributed by atoms with van der Waals surface area (Å²) < 4.78 is 0. The highest BCUT2D eigenvalue weighted by molar-refractivity contribution is 5.65. The van der Waals surface area contributed by atoms with Crippen LogP contribution in [0.1, 0.15) is 19.8 Å². The summed E-state index contributed by atoms with van der Waals surface area (Å²) in [6, 6.07) is 15.8. The van der Waals surface area contributed by atoms with Crippen molar-refractivity contribution in [3.63, 3.8) is 0 Å². The molecular weight excluding hydrogens is 298 g/mol. The molecule has 0 atom stereocenters. The van der Waals surface area contributed by atoms with E-state index in [4.69, 9.17) is 4.98 Å². The van der Waals surface area contributed by atoms with Crippen molar-refractivity contribution in [1.29, 1.82) is 0 Å². The standard InChI is InChI=1S/C19H19N5/c1-19(9-10-19)24-17-13-16(21-15-7-11-20-12-8-15)22-18(23-17)14-5-3-2-4-6-14/h2-8,11-13H,9-10H2,1H3,(H2,20,21,22,23,24). The van der Waals surface area contributed by atoms with Crippen LogP contribution in [-0.4, -0.2) is 20.5 Å². The van der Waals surface area contributed by atoms with Crippen LogP contribution in [-0.2, 0) is 0 Å². The third kappa shape index (κ3) is 3.35. The van der Waals surface area contributed by atoms with Gasteiger partial charge in [0.25, 0.3) is 0 Å². The molecule has 2 heterocycles. The molecule has 2 aromatic heterocycles. The Kier molecular flexibility index (Phi) is 3.61. The lowest BCUT2D eigenvalue weighted by molar-refractivity contribution is 0.820. The minimum Gasteiger partial charge on any atom is -0.365 e. The average Bonchev–Trinajstić information content (AvgIpc) is 3.33. The van der Waals surface area contributed by atoms with Crippen LogP contribution in [0.5, 0.6) is 0 Å². The fourth-order valence-electron chi connectivity index (χ4n) is 2.50. The van der Waals surface area contributed by atoms with Gasteiger partial charge in [-0.2, -0.15) is 0 Å². The van der Waals surface area contributed by atoms with Crippen LogP contribution < -0.4 is 10.6 Å². The Morgan fingerprint density at radius 2 is 1.62 bits per heavy atom. The van der Waals surface area contributed by atoms with Crippen LogP contribution in [0.25, 0.3) is 11.4 Å². The summed E-state index contributed by atoms with van der Waals surface area (Å²) in [5.41, 5.74) is 2.11. The number of anilines is 3. The van der Waals surface area contributed by atoms with Crippen LogP contribution in [0, 0.1) is 0 Å². The highest BCUT2D eigenvalue weighted by atomic mass is 15.1. The lowest BCUT2D eigenvalue weighted by atomic mass is 10.2. The van der Waals surface area contributed by atoms with Crippen LogP contribution in [0.4, 0.5) is 17.3 Å². The summed E-state index contributed by atoms with van der Waals surface area (Å²) in [5.74, 6) is 2.32. The fraction of sp³-hybridized carbons (Fsp3) is 0.211. The number of pyridine rings is 1. The summed E-state index contributed by atoms with van der Waals surface area (Å²) in [7, 11) is 0. The van der Waals surface area contributed by atoms with Crippen LogP contribution in [0.3, 0.4) is 0 Å². The first-order valence-electron chi connectivity index (χ1n) is 8.10. The number of hydrogen-bond donors (Lipinski definition) is 2. The molecule has 2 N–H and O–H groups in total. The van der Waals surface area contributed by atoms with E-state index < -0.39 is 0 Å². The van der Waals surface area contributed by atoms with Gasteiger partial charge in [0.1, 0.15) is 11.6 Å². The Balaban J connectivity index is 1.70. The highest BCUT2D eigenvalue weighted by Crippen LogP contribution is 2.38. The Morgan fingerprint density at radius 1 is 0.917 bits per heavy atom. The van der Waals surface area contributed by atoms with E-state index in [1.807, 2.05) is 48.5 Å². The van der Waals surface area contributed by atoms with E-state index in [-0.39, 0.29) is 5.54 Å². The smallest absolute Gasteiger partial charge is 0.163 e. The van der Waals surface area contributed by atoms with Gasteiger partial charge in [0.15, 0.2) is 5.82 Å². The second-order valence-electron chi connectivity index (χ2n) is 6.37. The topological polar surface area (TPSA) is 62.7 Å². The summed E-state index contributed by atoms with van der Waals surface area (Å²) in [6.07, 6.45) is 5.85. The molecule has 0 spiro atoms. The molecule has 0 amide bonds. The zero-order valence-electron chi connectivity index (χ0n) is 13.5. The largest absolute Gasteiger partial charge is 0.365 e. The van der Waals surface area contributed by atoms with Crippen molar-refractivity contribution >= 4 is 17.3 Å². The summed E-state index contributed by atoms with van der Waals surface area (Å²) in [6.45, 7) is 2.22. The van der Waals surface area contributed by atoms with Crippen molar-refractivity contribution in [2.75, 3.05) is 10.6 Å². The Labute approximate surface area is 141 Å².